The highest BCUT2D eigenvalue weighted by Crippen LogP contribution is 2.26. The van der Waals surface area contributed by atoms with Crippen molar-refractivity contribution < 1.29 is 4.79 Å². The van der Waals surface area contributed by atoms with Crippen LogP contribution in [0.25, 0.3) is 21.5 Å². The van der Waals surface area contributed by atoms with E-state index in [1.165, 1.54) is 10.9 Å². The lowest BCUT2D eigenvalue weighted by Crippen LogP contribution is -2.27. The third-order valence-corrected chi connectivity index (χ3v) is 4.92. The van der Waals surface area contributed by atoms with E-state index < -0.39 is 0 Å². The van der Waals surface area contributed by atoms with Gasteiger partial charge in [0.1, 0.15) is 22.5 Å². The molecule has 9 heteroatoms. The van der Waals surface area contributed by atoms with Crippen LogP contribution in [-0.2, 0) is 11.3 Å². The molecule has 3 heterocycles. The third kappa shape index (κ3) is 3.57. The second-order valence-corrected chi connectivity index (χ2v) is 6.89. The first kappa shape index (κ1) is 17.3. The van der Waals surface area contributed by atoms with E-state index in [9.17, 15) is 9.59 Å². The van der Waals surface area contributed by atoms with Crippen LogP contribution in [0, 0.1) is 0 Å². The average molecular weight is 398 g/mol. The smallest absolute Gasteiger partial charge is 0.273 e. The molecular weight excluding hydrogens is 386 g/mol. The van der Waals surface area contributed by atoms with Crippen LogP contribution in [-0.4, -0.2) is 24.8 Å². The molecule has 0 saturated heterocycles. The highest BCUT2D eigenvalue weighted by atomic mass is 35.5. The second-order valence-electron chi connectivity index (χ2n) is 5.68. The van der Waals surface area contributed by atoms with E-state index in [1.54, 1.807) is 48.8 Å². The topological polar surface area (TPSA) is 89.8 Å². The highest BCUT2D eigenvalue weighted by Gasteiger charge is 2.15. The number of rotatable bonds is 4. The molecule has 0 bridgehead atoms. The van der Waals surface area contributed by atoms with Crippen LogP contribution < -0.4 is 10.9 Å². The first-order chi connectivity index (χ1) is 13.1. The van der Waals surface area contributed by atoms with Crippen LogP contribution in [0.5, 0.6) is 0 Å². The molecule has 4 rings (SSSR count). The van der Waals surface area contributed by atoms with E-state index in [0.717, 1.165) is 17.1 Å². The minimum Gasteiger partial charge on any atom is -0.325 e. The number of anilines is 1. The first-order valence-corrected chi connectivity index (χ1v) is 9.07. The summed E-state index contributed by atoms with van der Waals surface area (Å²) in [5, 5.41) is 3.30. The van der Waals surface area contributed by atoms with Gasteiger partial charge in [-0.3, -0.25) is 19.1 Å². The molecule has 27 heavy (non-hydrogen) atoms. The van der Waals surface area contributed by atoms with Crippen LogP contribution in [0.4, 0.5) is 5.69 Å². The molecular formula is C18H12ClN5O2S. The summed E-state index contributed by atoms with van der Waals surface area (Å²) in [5.41, 5.74) is 2.28. The maximum Gasteiger partial charge on any atom is 0.273 e. The molecule has 0 fully saturated rings. The lowest BCUT2D eigenvalue weighted by molar-refractivity contribution is -0.116. The number of fused-ring (bicyclic) bond motifs is 1. The summed E-state index contributed by atoms with van der Waals surface area (Å²) < 4.78 is 6.02. The molecule has 1 aromatic carbocycles. The van der Waals surface area contributed by atoms with E-state index in [0.29, 0.717) is 26.6 Å². The summed E-state index contributed by atoms with van der Waals surface area (Å²) in [4.78, 5) is 33.2. The van der Waals surface area contributed by atoms with Gasteiger partial charge >= 0.3 is 0 Å². The van der Waals surface area contributed by atoms with Gasteiger partial charge in [0.2, 0.25) is 5.91 Å². The Morgan fingerprint density at radius 1 is 1.15 bits per heavy atom. The number of carbonyl (C=O) groups is 1. The van der Waals surface area contributed by atoms with Gasteiger partial charge < -0.3 is 5.32 Å². The molecule has 7 nitrogen and oxygen atoms in total. The molecule has 0 aliphatic heterocycles. The van der Waals surface area contributed by atoms with Crippen molar-refractivity contribution >= 4 is 44.9 Å². The summed E-state index contributed by atoms with van der Waals surface area (Å²) in [6.45, 7) is -0.146. The highest BCUT2D eigenvalue weighted by molar-refractivity contribution is 7.13. The molecule has 0 unspecified atom stereocenters. The van der Waals surface area contributed by atoms with Gasteiger partial charge in [-0.05, 0) is 47.9 Å². The Morgan fingerprint density at radius 2 is 1.89 bits per heavy atom. The van der Waals surface area contributed by atoms with Gasteiger partial charge in [0.05, 0.1) is 6.33 Å². The largest absolute Gasteiger partial charge is 0.325 e. The normalized spacial score (nSPS) is 10.9. The molecule has 0 spiro atoms. The number of amides is 1. The fraction of sp³-hybridized carbons (Fsp3) is 0.0556. The monoisotopic (exact) mass is 397 g/mol. The van der Waals surface area contributed by atoms with Gasteiger partial charge in [-0.15, -0.1) is 0 Å². The molecule has 1 amide bonds. The van der Waals surface area contributed by atoms with Crippen molar-refractivity contribution in [3.05, 3.63) is 70.5 Å². The summed E-state index contributed by atoms with van der Waals surface area (Å²) in [6.07, 6.45) is 4.68. The van der Waals surface area contributed by atoms with Crippen molar-refractivity contribution in [3.63, 3.8) is 0 Å². The predicted octanol–water partition coefficient (Wildman–Crippen LogP) is 3.21. The van der Waals surface area contributed by atoms with Gasteiger partial charge in [0.25, 0.3) is 5.56 Å². The minimum atomic E-state index is -0.334. The first-order valence-electron chi connectivity index (χ1n) is 7.92. The Kier molecular flexibility index (Phi) is 4.66. The summed E-state index contributed by atoms with van der Waals surface area (Å²) in [6, 6.07) is 10.3. The second kappa shape index (κ2) is 7.26. The number of aromatic nitrogens is 4. The third-order valence-electron chi connectivity index (χ3n) is 3.84. The SMILES string of the molecule is O=C(Cn1cnc2c(-c3ccncc3)nsc2c1=O)Nc1ccc(Cl)cc1. The van der Waals surface area contributed by atoms with Crippen LogP contribution in [0.2, 0.25) is 5.02 Å². The van der Waals surface area contributed by atoms with Crippen molar-refractivity contribution in [1.82, 2.24) is 18.9 Å². The van der Waals surface area contributed by atoms with Gasteiger partial charge in [-0.25, -0.2) is 4.98 Å². The quantitative estimate of drug-likeness (QED) is 0.571. The summed E-state index contributed by atoms with van der Waals surface area (Å²) in [7, 11) is 0. The van der Waals surface area contributed by atoms with E-state index in [1.807, 2.05) is 0 Å². The van der Waals surface area contributed by atoms with E-state index in [2.05, 4.69) is 19.7 Å². The molecule has 4 aromatic rings. The standard InChI is InChI=1S/C18H12ClN5O2S/c19-12-1-3-13(4-2-12)22-14(25)9-24-10-21-16-15(11-5-7-20-8-6-11)23-27-17(16)18(24)26/h1-8,10H,9H2,(H,22,25). The van der Waals surface area contributed by atoms with Crippen molar-refractivity contribution in [2.75, 3.05) is 5.32 Å². The van der Waals surface area contributed by atoms with Gasteiger partial charge in [0, 0.05) is 28.7 Å². The van der Waals surface area contributed by atoms with E-state index >= 15 is 0 Å². The Morgan fingerprint density at radius 3 is 2.63 bits per heavy atom. The van der Waals surface area contributed by atoms with Gasteiger partial charge in [0.15, 0.2) is 0 Å². The molecule has 0 aliphatic carbocycles. The number of benzene rings is 1. The number of nitrogens with zero attached hydrogens (tertiary/aromatic N) is 4. The molecule has 134 valence electrons. The average Bonchev–Trinajstić information content (AvgIpc) is 3.11. The van der Waals surface area contributed by atoms with Gasteiger partial charge in [-0.1, -0.05) is 11.6 Å². The number of hydrogen-bond donors (Lipinski definition) is 1. The van der Waals surface area contributed by atoms with E-state index in [-0.39, 0.29) is 18.0 Å². The van der Waals surface area contributed by atoms with Crippen LogP contribution in [0.1, 0.15) is 0 Å². The lowest BCUT2D eigenvalue weighted by atomic mass is 10.2. The van der Waals surface area contributed by atoms with Crippen molar-refractivity contribution in [1.29, 1.82) is 0 Å². The van der Waals surface area contributed by atoms with Crippen molar-refractivity contribution in [3.8, 4) is 11.3 Å². The number of carbonyl (C=O) groups excluding carboxylic acids is 1. The predicted molar refractivity (Wildman–Crippen MR) is 105 cm³/mol. The Hall–Kier alpha value is -3.10. The molecule has 0 saturated carbocycles. The maximum atomic E-state index is 12.7. The number of halogens is 1. The number of hydrogen-bond acceptors (Lipinski definition) is 6. The molecule has 1 N–H and O–H groups in total. The number of nitrogens with one attached hydrogen (secondary N) is 1. The Bertz CT molecular complexity index is 1170. The van der Waals surface area contributed by atoms with Crippen molar-refractivity contribution in [2.45, 2.75) is 6.54 Å². The fourth-order valence-corrected chi connectivity index (χ4v) is 3.49. The fourth-order valence-electron chi connectivity index (χ4n) is 2.56. The Balaban J connectivity index is 1.60. The molecule has 0 aliphatic rings. The molecule has 0 atom stereocenters. The maximum absolute atomic E-state index is 12.7. The molecule has 3 aromatic heterocycles. The van der Waals surface area contributed by atoms with Gasteiger partial charge in [-0.2, -0.15) is 4.37 Å². The zero-order valence-corrected chi connectivity index (χ0v) is 15.4. The van der Waals surface area contributed by atoms with Crippen LogP contribution >= 0.6 is 23.1 Å². The summed E-state index contributed by atoms with van der Waals surface area (Å²) in [5.74, 6) is -0.334. The zero-order chi connectivity index (χ0) is 18.8. The van der Waals surface area contributed by atoms with E-state index in [4.69, 9.17) is 11.6 Å². The molecule has 0 radical (unpaired) electrons. The van der Waals surface area contributed by atoms with Crippen LogP contribution in [0.15, 0.2) is 59.9 Å². The zero-order valence-electron chi connectivity index (χ0n) is 13.8. The lowest BCUT2D eigenvalue weighted by Gasteiger charge is -2.07. The number of pyridine rings is 1. The summed E-state index contributed by atoms with van der Waals surface area (Å²) >= 11 is 6.90. The van der Waals surface area contributed by atoms with Crippen LogP contribution in [0.3, 0.4) is 0 Å². The minimum absolute atomic E-state index is 0.146. The Labute approximate surface area is 162 Å². The van der Waals surface area contributed by atoms with Crippen molar-refractivity contribution in [2.24, 2.45) is 0 Å².